The molecule has 2 rings (SSSR count). The summed E-state index contributed by atoms with van der Waals surface area (Å²) < 4.78 is 17.1. The van der Waals surface area contributed by atoms with Crippen molar-refractivity contribution in [1.29, 1.82) is 0 Å². The summed E-state index contributed by atoms with van der Waals surface area (Å²) in [6.45, 7) is 0. The van der Waals surface area contributed by atoms with Crippen molar-refractivity contribution in [3.63, 3.8) is 0 Å². The second-order valence-corrected chi connectivity index (χ2v) is 8.04. The van der Waals surface area contributed by atoms with E-state index in [2.05, 4.69) is 0 Å². The van der Waals surface area contributed by atoms with Gasteiger partial charge in [-0.1, -0.05) is 43.2 Å². The minimum Gasteiger partial charge on any atom is -0.457 e. The number of benzene rings is 2. The number of ether oxygens (including phenoxy) is 1. The van der Waals surface area contributed by atoms with Gasteiger partial charge in [0.25, 0.3) is 5.91 Å². The lowest BCUT2D eigenvalue weighted by molar-refractivity contribution is -0.129. The first kappa shape index (κ1) is 21.1. The average Bonchev–Trinajstić information content (AvgIpc) is 2.64. The molecule has 8 heteroatoms. The molecule has 0 aliphatic carbocycles. The van der Waals surface area contributed by atoms with Crippen molar-refractivity contribution in [2.24, 2.45) is 0 Å². The molecule has 0 radical (unpaired) electrons. The van der Waals surface area contributed by atoms with Crippen molar-refractivity contribution in [3.8, 4) is 11.5 Å². The molecule has 7 nitrogen and oxygen atoms in total. The van der Waals surface area contributed by atoms with E-state index in [-0.39, 0.29) is 6.42 Å². The number of hydroxylamine groups is 1. The molecule has 0 saturated carbocycles. The van der Waals surface area contributed by atoms with Crippen LogP contribution in [0.3, 0.4) is 0 Å². The summed E-state index contributed by atoms with van der Waals surface area (Å²) in [6, 6.07) is 17.3. The summed E-state index contributed by atoms with van der Waals surface area (Å²) in [5, 5.41) is 8.60. The quantitative estimate of drug-likeness (QED) is 0.212. The van der Waals surface area contributed by atoms with Crippen LogP contribution in [-0.4, -0.2) is 26.6 Å². The van der Waals surface area contributed by atoms with Gasteiger partial charge in [-0.3, -0.25) is 14.6 Å². The van der Waals surface area contributed by atoms with Crippen molar-refractivity contribution < 1.29 is 29.1 Å². The molecule has 1 unspecified atom stereocenters. The normalized spacial score (nSPS) is 12.4. The van der Waals surface area contributed by atoms with Gasteiger partial charge in [-0.2, -0.15) is 0 Å². The van der Waals surface area contributed by atoms with Crippen molar-refractivity contribution in [1.82, 2.24) is 5.48 Å². The van der Waals surface area contributed by atoms with Crippen LogP contribution in [0.4, 0.5) is 0 Å². The number of hydrogen-bond acceptors (Lipinski definition) is 4. The van der Waals surface area contributed by atoms with Crippen molar-refractivity contribution in [3.05, 3.63) is 60.2 Å². The highest BCUT2D eigenvalue weighted by atomic mass is 31.2. The van der Waals surface area contributed by atoms with Gasteiger partial charge in [-0.25, -0.2) is 5.48 Å². The topological polar surface area (TPSA) is 116 Å². The van der Waals surface area contributed by atoms with E-state index < -0.39 is 19.2 Å². The minimum absolute atomic E-state index is 0.0217. The third-order valence-electron chi connectivity index (χ3n) is 4.14. The zero-order valence-corrected chi connectivity index (χ0v) is 15.7. The number of amides is 1. The highest BCUT2D eigenvalue weighted by molar-refractivity contribution is 7.53. The molecule has 4 N–H and O–H groups in total. The predicted octanol–water partition coefficient (Wildman–Crippen LogP) is 3.63. The van der Waals surface area contributed by atoms with E-state index in [0.717, 1.165) is 29.9 Å². The Morgan fingerprint density at radius 1 is 1.00 bits per heavy atom. The van der Waals surface area contributed by atoms with Crippen LogP contribution in [0.5, 0.6) is 11.5 Å². The van der Waals surface area contributed by atoms with Gasteiger partial charge in [-0.05, 0) is 49.1 Å². The van der Waals surface area contributed by atoms with Gasteiger partial charge in [-0.15, -0.1) is 0 Å². The van der Waals surface area contributed by atoms with E-state index in [0.29, 0.717) is 12.8 Å². The number of carbonyl (C=O) groups excluding carboxylic acids is 1. The largest absolute Gasteiger partial charge is 0.457 e. The molecule has 0 bridgehead atoms. The van der Waals surface area contributed by atoms with Gasteiger partial charge in [0.05, 0.1) is 0 Å². The standard InChI is InChI=1S/C19H24NO6P/c21-19(20-22)18(27(23,24)25)13-6-1-3-8-15-9-7-12-17(14-15)26-16-10-4-2-5-11-16/h2,4-5,7,9-12,14,18,22H,1,3,6,8,13H2,(H,20,21)(H2,23,24,25). The van der Waals surface area contributed by atoms with Gasteiger partial charge < -0.3 is 14.5 Å². The Morgan fingerprint density at radius 3 is 2.37 bits per heavy atom. The Balaban J connectivity index is 1.79. The van der Waals surface area contributed by atoms with Crippen LogP contribution in [0.15, 0.2) is 54.6 Å². The molecule has 0 aliphatic rings. The third kappa shape index (κ3) is 7.15. The van der Waals surface area contributed by atoms with E-state index in [4.69, 9.17) is 9.94 Å². The second-order valence-electron chi connectivity index (χ2n) is 6.24. The first-order valence-electron chi connectivity index (χ1n) is 8.71. The summed E-state index contributed by atoms with van der Waals surface area (Å²) in [5.74, 6) is 0.467. The third-order valence-corrected chi connectivity index (χ3v) is 5.44. The fourth-order valence-electron chi connectivity index (χ4n) is 2.76. The van der Waals surface area contributed by atoms with Gasteiger partial charge >= 0.3 is 7.60 Å². The predicted molar refractivity (Wildman–Crippen MR) is 101 cm³/mol. The molecule has 0 fully saturated rings. The van der Waals surface area contributed by atoms with Crippen LogP contribution in [0.25, 0.3) is 0 Å². The molecule has 146 valence electrons. The van der Waals surface area contributed by atoms with E-state index >= 15 is 0 Å². The van der Waals surface area contributed by atoms with E-state index in [1.54, 1.807) is 0 Å². The number of rotatable bonds is 10. The lowest BCUT2D eigenvalue weighted by Gasteiger charge is -2.15. The van der Waals surface area contributed by atoms with Crippen molar-refractivity contribution in [2.45, 2.75) is 37.8 Å². The highest BCUT2D eigenvalue weighted by Gasteiger charge is 2.34. The maximum absolute atomic E-state index is 11.4. The Bertz CT molecular complexity index is 777. The molecule has 0 saturated heterocycles. The van der Waals surface area contributed by atoms with Gasteiger partial charge in [0.2, 0.25) is 0 Å². The number of para-hydroxylation sites is 1. The van der Waals surface area contributed by atoms with Gasteiger partial charge in [0.15, 0.2) is 0 Å². The summed E-state index contributed by atoms with van der Waals surface area (Å²) in [7, 11) is -4.58. The lowest BCUT2D eigenvalue weighted by Crippen LogP contribution is -2.32. The van der Waals surface area contributed by atoms with Crippen LogP contribution in [0.2, 0.25) is 0 Å². The number of hydrogen-bond donors (Lipinski definition) is 4. The van der Waals surface area contributed by atoms with Crippen LogP contribution in [0, 0.1) is 0 Å². The van der Waals surface area contributed by atoms with Crippen molar-refractivity contribution in [2.75, 3.05) is 0 Å². The Kier molecular flexibility index (Phi) is 8.00. The Hall–Kier alpha value is -2.18. The molecule has 27 heavy (non-hydrogen) atoms. The number of carbonyl (C=O) groups is 1. The number of nitrogens with one attached hydrogen (secondary N) is 1. The molecule has 0 aliphatic heterocycles. The smallest absolute Gasteiger partial charge is 0.338 e. The van der Waals surface area contributed by atoms with Crippen LogP contribution < -0.4 is 10.2 Å². The lowest BCUT2D eigenvalue weighted by atomic mass is 10.0. The molecule has 1 atom stereocenters. The minimum atomic E-state index is -4.58. The fourth-order valence-corrected chi connectivity index (χ4v) is 3.64. The molecule has 2 aromatic rings. The van der Waals surface area contributed by atoms with Crippen LogP contribution >= 0.6 is 7.60 Å². The van der Waals surface area contributed by atoms with Crippen molar-refractivity contribution >= 4 is 13.5 Å². The summed E-state index contributed by atoms with van der Waals surface area (Å²) >= 11 is 0. The summed E-state index contributed by atoms with van der Waals surface area (Å²) in [4.78, 5) is 29.7. The van der Waals surface area contributed by atoms with Crippen LogP contribution in [0.1, 0.15) is 31.2 Å². The van der Waals surface area contributed by atoms with Gasteiger partial charge in [0, 0.05) is 0 Å². The molecule has 0 aromatic heterocycles. The van der Waals surface area contributed by atoms with Gasteiger partial charge in [0.1, 0.15) is 17.2 Å². The first-order chi connectivity index (χ1) is 12.9. The second kappa shape index (κ2) is 10.2. The maximum atomic E-state index is 11.4. The molecule has 0 heterocycles. The Labute approximate surface area is 158 Å². The SMILES string of the molecule is O=C(NO)C(CCCCCc1cccc(Oc2ccccc2)c1)P(=O)(O)O. The monoisotopic (exact) mass is 393 g/mol. The first-order valence-corrected chi connectivity index (χ1v) is 10.4. The molecular formula is C19H24NO6P. The van der Waals surface area contributed by atoms with E-state index in [1.165, 1.54) is 5.48 Å². The zero-order chi connectivity index (χ0) is 19.7. The molecule has 1 amide bonds. The Morgan fingerprint density at radius 2 is 1.70 bits per heavy atom. The zero-order valence-electron chi connectivity index (χ0n) is 14.8. The average molecular weight is 393 g/mol. The number of aryl methyl sites for hydroxylation is 1. The molecule has 0 spiro atoms. The fraction of sp³-hybridized carbons (Fsp3) is 0.316. The maximum Gasteiger partial charge on any atom is 0.338 e. The highest BCUT2D eigenvalue weighted by Crippen LogP contribution is 2.43. The van der Waals surface area contributed by atoms with Crippen LogP contribution in [-0.2, 0) is 15.8 Å². The summed E-state index contributed by atoms with van der Waals surface area (Å²) in [6.07, 6.45) is 2.80. The summed E-state index contributed by atoms with van der Waals surface area (Å²) in [5.41, 5.74) is 0.910. The van der Waals surface area contributed by atoms with E-state index in [9.17, 15) is 19.1 Å². The number of unbranched alkanes of at least 4 members (excludes halogenated alkanes) is 2. The van der Waals surface area contributed by atoms with E-state index in [1.807, 2.05) is 54.6 Å². The molecule has 2 aromatic carbocycles. The molecular weight excluding hydrogens is 369 g/mol.